The van der Waals surface area contributed by atoms with Crippen LogP contribution in [-0.4, -0.2) is 11.6 Å². The number of nitrogens with zero attached hydrogens (tertiary/aromatic N) is 1. The molecule has 1 atom stereocenters. The fourth-order valence-electron chi connectivity index (χ4n) is 1.74. The maximum absolute atomic E-state index is 11.1. The second kappa shape index (κ2) is 3.84. The molecule has 16 heavy (non-hydrogen) atoms. The molecule has 1 amide bonds. The molecule has 1 aromatic rings. The van der Waals surface area contributed by atoms with E-state index in [1.54, 1.807) is 12.1 Å². The Morgan fingerprint density at radius 1 is 1.38 bits per heavy atom. The van der Waals surface area contributed by atoms with Crippen molar-refractivity contribution in [2.45, 2.75) is 13.3 Å². The van der Waals surface area contributed by atoms with E-state index in [1.807, 2.05) is 13.0 Å². The Bertz CT molecular complexity index is 467. The van der Waals surface area contributed by atoms with Gasteiger partial charge in [-0.05, 0) is 12.1 Å². The lowest BCUT2D eigenvalue weighted by Crippen LogP contribution is -2.32. The maximum Gasteiger partial charge on any atom is 0.240 e. The minimum atomic E-state index is -0.0559. The molecule has 0 unspecified atom stereocenters. The zero-order chi connectivity index (χ0) is 11.7. The Kier molecular flexibility index (Phi) is 2.52. The minimum absolute atomic E-state index is 0.0559. The molecule has 5 heteroatoms. The molecule has 0 fully saturated rings. The van der Waals surface area contributed by atoms with Gasteiger partial charge in [0, 0.05) is 17.9 Å². The predicted octanol–water partition coefficient (Wildman–Crippen LogP) is 0.711. The Morgan fingerprint density at radius 3 is 2.75 bits per heavy atom. The van der Waals surface area contributed by atoms with Crippen molar-refractivity contribution in [3.8, 4) is 0 Å². The highest BCUT2D eigenvalue weighted by molar-refractivity contribution is 6.06. The summed E-state index contributed by atoms with van der Waals surface area (Å²) in [5, 5.41) is 4.05. The molecule has 0 aromatic heterocycles. The van der Waals surface area contributed by atoms with Gasteiger partial charge in [0.15, 0.2) is 0 Å². The average molecular weight is 218 g/mol. The average Bonchev–Trinajstić information content (AvgIpc) is 2.22. The molecule has 0 spiro atoms. The molecular formula is C11H14N4O. The molecule has 1 aromatic carbocycles. The number of hydrogen-bond acceptors (Lipinski definition) is 4. The Balaban J connectivity index is 2.37. The van der Waals surface area contributed by atoms with E-state index in [4.69, 9.17) is 11.5 Å². The fraction of sp³-hybridized carbons (Fsp3) is 0.273. The van der Waals surface area contributed by atoms with Crippen LogP contribution < -0.4 is 16.9 Å². The molecule has 0 bridgehead atoms. The second-order valence-corrected chi connectivity index (χ2v) is 3.98. The molecule has 5 nitrogen and oxygen atoms in total. The van der Waals surface area contributed by atoms with Gasteiger partial charge in [0.25, 0.3) is 0 Å². The van der Waals surface area contributed by atoms with Crippen molar-refractivity contribution in [1.29, 1.82) is 0 Å². The van der Waals surface area contributed by atoms with Crippen LogP contribution in [0, 0.1) is 5.92 Å². The molecule has 0 saturated carbocycles. The number of nitrogen functional groups attached to an aromatic ring is 2. The first kappa shape index (κ1) is 10.5. The van der Waals surface area contributed by atoms with Crippen molar-refractivity contribution in [2.75, 3.05) is 11.5 Å². The van der Waals surface area contributed by atoms with E-state index in [2.05, 4.69) is 10.5 Å². The third-order valence-electron chi connectivity index (χ3n) is 2.64. The number of carbonyl (C=O) groups is 1. The van der Waals surface area contributed by atoms with Gasteiger partial charge in [-0.3, -0.25) is 4.79 Å². The van der Waals surface area contributed by atoms with E-state index < -0.39 is 0 Å². The van der Waals surface area contributed by atoms with Gasteiger partial charge in [0.05, 0.1) is 17.1 Å². The molecule has 0 radical (unpaired) electrons. The van der Waals surface area contributed by atoms with Crippen LogP contribution in [0.1, 0.15) is 18.9 Å². The summed E-state index contributed by atoms with van der Waals surface area (Å²) in [4.78, 5) is 11.1. The molecule has 5 N–H and O–H groups in total. The van der Waals surface area contributed by atoms with E-state index >= 15 is 0 Å². The number of hydrogen-bond donors (Lipinski definition) is 3. The highest BCUT2D eigenvalue weighted by Gasteiger charge is 2.21. The SMILES string of the molecule is C[C@H]1CC(=O)NN=C1c1ccc(N)c(N)c1. The van der Waals surface area contributed by atoms with Crippen molar-refractivity contribution >= 4 is 23.0 Å². The molecule has 2 rings (SSSR count). The first-order valence-corrected chi connectivity index (χ1v) is 5.09. The second-order valence-electron chi connectivity index (χ2n) is 3.98. The summed E-state index contributed by atoms with van der Waals surface area (Å²) in [5.41, 5.74) is 16.7. The van der Waals surface area contributed by atoms with E-state index in [1.165, 1.54) is 0 Å². The first-order valence-electron chi connectivity index (χ1n) is 5.09. The summed E-state index contributed by atoms with van der Waals surface area (Å²) in [6, 6.07) is 5.39. The first-order chi connectivity index (χ1) is 7.58. The van der Waals surface area contributed by atoms with Crippen LogP contribution in [-0.2, 0) is 4.79 Å². The smallest absolute Gasteiger partial charge is 0.240 e. The van der Waals surface area contributed by atoms with Crippen molar-refractivity contribution in [1.82, 2.24) is 5.43 Å². The zero-order valence-electron chi connectivity index (χ0n) is 9.03. The summed E-state index contributed by atoms with van der Waals surface area (Å²) in [5.74, 6) is 0.0384. The third kappa shape index (κ3) is 1.84. The summed E-state index contributed by atoms with van der Waals surface area (Å²) in [7, 11) is 0. The van der Waals surface area contributed by atoms with Gasteiger partial charge in [-0.2, -0.15) is 5.10 Å². The third-order valence-corrected chi connectivity index (χ3v) is 2.64. The van der Waals surface area contributed by atoms with Crippen LogP contribution in [0.15, 0.2) is 23.3 Å². The van der Waals surface area contributed by atoms with Crippen LogP contribution in [0.25, 0.3) is 0 Å². The van der Waals surface area contributed by atoms with Crippen LogP contribution in [0.4, 0.5) is 11.4 Å². The Morgan fingerprint density at radius 2 is 2.12 bits per heavy atom. The highest BCUT2D eigenvalue weighted by atomic mass is 16.2. The van der Waals surface area contributed by atoms with E-state index in [9.17, 15) is 4.79 Å². The number of benzene rings is 1. The maximum atomic E-state index is 11.1. The number of amides is 1. The Hall–Kier alpha value is -2.04. The fourth-order valence-corrected chi connectivity index (χ4v) is 1.74. The largest absolute Gasteiger partial charge is 0.397 e. The standard InChI is InChI=1S/C11H14N4O/c1-6-4-10(16)14-15-11(6)7-2-3-8(12)9(13)5-7/h2-3,5-6H,4,12-13H2,1H3,(H,14,16)/t6-/m0/s1. The van der Waals surface area contributed by atoms with Crippen molar-refractivity contribution in [3.63, 3.8) is 0 Å². The van der Waals surface area contributed by atoms with Gasteiger partial charge in [-0.25, -0.2) is 5.43 Å². The van der Waals surface area contributed by atoms with E-state index in [-0.39, 0.29) is 11.8 Å². The number of carbonyl (C=O) groups excluding carboxylic acids is 1. The minimum Gasteiger partial charge on any atom is -0.397 e. The van der Waals surface area contributed by atoms with Gasteiger partial charge in [0.2, 0.25) is 5.91 Å². The number of nitrogens with one attached hydrogen (secondary N) is 1. The van der Waals surface area contributed by atoms with Crippen LogP contribution in [0.5, 0.6) is 0 Å². The number of nitrogens with two attached hydrogens (primary N) is 2. The van der Waals surface area contributed by atoms with Crippen LogP contribution >= 0.6 is 0 Å². The summed E-state index contributed by atoms with van der Waals surface area (Å²) < 4.78 is 0. The number of hydrazone groups is 1. The monoisotopic (exact) mass is 218 g/mol. The molecule has 84 valence electrons. The van der Waals surface area contributed by atoms with E-state index in [0.717, 1.165) is 11.3 Å². The number of rotatable bonds is 1. The summed E-state index contributed by atoms with van der Waals surface area (Å²) >= 11 is 0. The molecule has 1 aliphatic rings. The quantitative estimate of drug-likeness (QED) is 0.606. The van der Waals surface area contributed by atoms with Gasteiger partial charge in [-0.1, -0.05) is 13.0 Å². The molecule has 1 heterocycles. The zero-order valence-corrected chi connectivity index (χ0v) is 9.03. The summed E-state index contributed by atoms with van der Waals surface area (Å²) in [6.45, 7) is 1.96. The lowest BCUT2D eigenvalue weighted by Gasteiger charge is -2.19. The molecule has 0 saturated heterocycles. The number of anilines is 2. The van der Waals surface area contributed by atoms with Crippen LogP contribution in [0.2, 0.25) is 0 Å². The van der Waals surface area contributed by atoms with Gasteiger partial charge < -0.3 is 11.5 Å². The van der Waals surface area contributed by atoms with Crippen LogP contribution in [0.3, 0.4) is 0 Å². The van der Waals surface area contributed by atoms with Crippen molar-refractivity contribution < 1.29 is 4.79 Å². The lowest BCUT2D eigenvalue weighted by molar-refractivity contribution is -0.121. The molecule has 0 aliphatic carbocycles. The lowest BCUT2D eigenvalue weighted by atomic mass is 9.94. The topological polar surface area (TPSA) is 93.5 Å². The molecular weight excluding hydrogens is 204 g/mol. The van der Waals surface area contributed by atoms with Crippen molar-refractivity contribution in [3.05, 3.63) is 23.8 Å². The highest BCUT2D eigenvalue weighted by Crippen LogP contribution is 2.21. The Labute approximate surface area is 93.5 Å². The summed E-state index contributed by atoms with van der Waals surface area (Å²) in [6.07, 6.45) is 0.448. The molecule has 1 aliphatic heterocycles. The van der Waals surface area contributed by atoms with Gasteiger partial charge in [0.1, 0.15) is 0 Å². The van der Waals surface area contributed by atoms with Gasteiger partial charge >= 0.3 is 0 Å². The van der Waals surface area contributed by atoms with E-state index in [0.29, 0.717) is 17.8 Å². The predicted molar refractivity (Wildman–Crippen MR) is 63.7 cm³/mol. The van der Waals surface area contributed by atoms with Crippen molar-refractivity contribution in [2.24, 2.45) is 11.0 Å². The normalized spacial score (nSPS) is 20.2. The van der Waals surface area contributed by atoms with Gasteiger partial charge in [-0.15, -0.1) is 0 Å².